The molecule has 0 saturated carbocycles. The SMILES string of the molecule is COc1ccccc1N1CCN(CCCNC(=O)c2ccc(-n3ccnc3)cc2)CC1. The van der Waals surface area contributed by atoms with Crippen LogP contribution in [0, 0.1) is 0 Å². The molecule has 2 heterocycles. The summed E-state index contributed by atoms with van der Waals surface area (Å²) in [5.41, 5.74) is 2.83. The predicted octanol–water partition coefficient (Wildman–Crippen LogP) is 2.82. The number of anilines is 1. The van der Waals surface area contributed by atoms with Crippen LogP contribution < -0.4 is 15.0 Å². The number of benzene rings is 2. The van der Waals surface area contributed by atoms with E-state index in [1.165, 1.54) is 0 Å². The van der Waals surface area contributed by atoms with Crippen molar-refractivity contribution in [2.24, 2.45) is 0 Å². The molecule has 1 aliphatic rings. The van der Waals surface area contributed by atoms with E-state index in [1.807, 2.05) is 47.2 Å². The quantitative estimate of drug-likeness (QED) is 0.569. The van der Waals surface area contributed by atoms with Gasteiger partial charge in [-0.05, 0) is 49.4 Å². The van der Waals surface area contributed by atoms with E-state index in [2.05, 4.69) is 32.2 Å². The number of carbonyl (C=O) groups excluding carboxylic acids is 1. The summed E-state index contributed by atoms with van der Waals surface area (Å²) in [4.78, 5) is 21.3. The lowest BCUT2D eigenvalue weighted by atomic mass is 10.2. The minimum absolute atomic E-state index is 0.0295. The Kier molecular flexibility index (Phi) is 6.84. The Morgan fingerprint density at radius 3 is 2.55 bits per heavy atom. The van der Waals surface area contributed by atoms with Gasteiger partial charge in [0.25, 0.3) is 5.91 Å². The van der Waals surface area contributed by atoms with Crippen molar-refractivity contribution in [3.05, 3.63) is 72.8 Å². The Bertz CT molecular complexity index is 964. The first kappa shape index (κ1) is 20.9. The maximum Gasteiger partial charge on any atom is 0.251 e. The smallest absolute Gasteiger partial charge is 0.251 e. The Morgan fingerprint density at radius 1 is 1.06 bits per heavy atom. The van der Waals surface area contributed by atoms with E-state index in [0.29, 0.717) is 12.1 Å². The number of hydrogen-bond acceptors (Lipinski definition) is 5. The summed E-state index contributed by atoms with van der Waals surface area (Å²) < 4.78 is 7.40. The number of para-hydroxylation sites is 2. The molecular formula is C24H29N5O2. The Hall–Kier alpha value is -3.32. The van der Waals surface area contributed by atoms with E-state index in [4.69, 9.17) is 4.74 Å². The molecule has 3 aromatic rings. The molecule has 1 saturated heterocycles. The maximum absolute atomic E-state index is 12.4. The van der Waals surface area contributed by atoms with Gasteiger partial charge in [0.1, 0.15) is 5.75 Å². The van der Waals surface area contributed by atoms with Gasteiger partial charge in [-0.2, -0.15) is 0 Å². The number of amides is 1. The lowest BCUT2D eigenvalue weighted by Gasteiger charge is -2.36. The van der Waals surface area contributed by atoms with Crippen LogP contribution in [-0.2, 0) is 0 Å². The number of ether oxygens (including phenoxy) is 1. The Balaban J connectivity index is 1.17. The molecule has 7 nitrogen and oxygen atoms in total. The molecule has 1 N–H and O–H groups in total. The van der Waals surface area contributed by atoms with Crippen molar-refractivity contribution in [3.8, 4) is 11.4 Å². The highest BCUT2D eigenvalue weighted by molar-refractivity contribution is 5.94. The number of nitrogens with one attached hydrogen (secondary N) is 1. The fraction of sp³-hybridized carbons (Fsp3) is 0.333. The molecule has 0 aliphatic carbocycles. The summed E-state index contributed by atoms with van der Waals surface area (Å²) in [6.07, 6.45) is 6.29. The zero-order valence-electron chi connectivity index (χ0n) is 17.9. The van der Waals surface area contributed by atoms with Gasteiger partial charge in [0.05, 0.1) is 19.1 Å². The van der Waals surface area contributed by atoms with Crippen molar-refractivity contribution >= 4 is 11.6 Å². The van der Waals surface area contributed by atoms with Crippen molar-refractivity contribution < 1.29 is 9.53 Å². The molecule has 0 bridgehead atoms. The lowest BCUT2D eigenvalue weighted by molar-refractivity contribution is 0.0951. The third kappa shape index (κ3) is 5.24. The predicted molar refractivity (Wildman–Crippen MR) is 122 cm³/mol. The second-order valence-electron chi connectivity index (χ2n) is 7.63. The summed E-state index contributed by atoms with van der Waals surface area (Å²) in [5.74, 6) is 0.898. The second kappa shape index (κ2) is 10.1. The molecule has 0 spiro atoms. The van der Waals surface area contributed by atoms with Gasteiger partial charge in [-0.1, -0.05) is 12.1 Å². The van der Waals surface area contributed by atoms with E-state index < -0.39 is 0 Å². The number of carbonyl (C=O) groups is 1. The van der Waals surface area contributed by atoms with E-state index >= 15 is 0 Å². The average Bonchev–Trinajstić information content (AvgIpc) is 3.37. The topological polar surface area (TPSA) is 62.6 Å². The molecule has 1 amide bonds. The first-order valence-electron chi connectivity index (χ1n) is 10.7. The van der Waals surface area contributed by atoms with Crippen molar-refractivity contribution in [2.75, 3.05) is 51.3 Å². The van der Waals surface area contributed by atoms with E-state index in [0.717, 1.165) is 56.3 Å². The highest BCUT2D eigenvalue weighted by Crippen LogP contribution is 2.28. The van der Waals surface area contributed by atoms with Crippen LogP contribution in [0.15, 0.2) is 67.3 Å². The molecule has 0 atom stereocenters. The third-order valence-electron chi connectivity index (χ3n) is 5.67. The minimum atomic E-state index is -0.0295. The molecular weight excluding hydrogens is 390 g/mol. The largest absolute Gasteiger partial charge is 0.495 e. The summed E-state index contributed by atoms with van der Waals surface area (Å²) in [6.45, 7) is 5.66. The summed E-state index contributed by atoms with van der Waals surface area (Å²) in [6, 6.07) is 15.7. The number of nitrogens with zero attached hydrogens (tertiary/aromatic N) is 4. The van der Waals surface area contributed by atoms with E-state index in [1.54, 1.807) is 19.6 Å². The van der Waals surface area contributed by atoms with E-state index in [9.17, 15) is 4.79 Å². The zero-order valence-corrected chi connectivity index (χ0v) is 17.9. The molecule has 0 radical (unpaired) electrons. The summed E-state index contributed by atoms with van der Waals surface area (Å²) >= 11 is 0. The van der Waals surface area contributed by atoms with Crippen LogP contribution >= 0.6 is 0 Å². The highest BCUT2D eigenvalue weighted by Gasteiger charge is 2.19. The van der Waals surface area contributed by atoms with Gasteiger partial charge in [-0.3, -0.25) is 9.69 Å². The normalized spacial score (nSPS) is 14.4. The van der Waals surface area contributed by atoms with Crippen molar-refractivity contribution in [2.45, 2.75) is 6.42 Å². The zero-order chi connectivity index (χ0) is 21.5. The molecule has 1 fully saturated rings. The first-order valence-corrected chi connectivity index (χ1v) is 10.7. The molecule has 0 unspecified atom stereocenters. The molecule has 1 aromatic heterocycles. The number of aromatic nitrogens is 2. The first-order chi connectivity index (χ1) is 15.2. The Morgan fingerprint density at radius 2 is 1.84 bits per heavy atom. The molecule has 1 aliphatic heterocycles. The highest BCUT2D eigenvalue weighted by atomic mass is 16.5. The van der Waals surface area contributed by atoms with Crippen LogP contribution in [0.25, 0.3) is 5.69 Å². The van der Waals surface area contributed by atoms with Gasteiger partial charge in [0.15, 0.2) is 0 Å². The summed E-state index contributed by atoms with van der Waals surface area (Å²) in [7, 11) is 1.72. The fourth-order valence-electron chi connectivity index (χ4n) is 3.91. The molecule has 162 valence electrons. The molecule has 2 aromatic carbocycles. The van der Waals surface area contributed by atoms with Gasteiger partial charge < -0.3 is 19.5 Å². The van der Waals surface area contributed by atoms with Crippen LogP contribution in [-0.4, -0.2) is 66.7 Å². The van der Waals surface area contributed by atoms with Gasteiger partial charge in [-0.25, -0.2) is 4.98 Å². The van der Waals surface area contributed by atoms with Crippen molar-refractivity contribution in [1.82, 2.24) is 19.8 Å². The maximum atomic E-state index is 12.4. The van der Waals surface area contributed by atoms with Crippen molar-refractivity contribution in [1.29, 1.82) is 0 Å². The van der Waals surface area contributed by atoms with Crippen molar-refractivity contribution in [3.63, 3.8) is 0 Å². The van der Waals surface area contributed by atoms with Crippen LogP contribution in [0.1, 0.15) is 16.8 Å². The molecule has 4 rings (SSSR count). The van der Waals surface area contributed by atoms with Crippen LogP contribution in [0.5, 0.6) is 5.75 Å². The van der Waals surface area contributed by atoms with Crippen LogP contribution in [0.2, 0.25) is 0 Å². The van der Waals surface area contributed by atoms with Crippen LogP contribution in [0.4, 0.5) is 5.69 Å². The van der Waals surface area contributed by atoms with E-state index in [-0.39, 0.29) is 5.91 Å². The number of rotatable bonds is 8. The fourth-order valence-corrected chi connectivity index (χ4v) is 3.91. The van der Waals surface area contributed by atoms with Gasteiger partial charge in [-0.15, -0.1) is 0 Å². The second-order valence-corrected chi connectivity index (χ2v) is 7.63. The molecule has 31 heavy (non-hydrogen) atoms. The Labute approximate surface area is 183 Å². The number of hydrogen-bond donors (Lipinski definition) is 1. The number of piperazine rings is 1. The minimum Gasteiger partial charge on any atom is -0.495 e. The van der Waals surface area contributed by atoms with Crippen LogP contribution in [0.3, 0.4) is 0 Å². The summed E-state index contributed by atoms with van der Waals surface area (Å²) in [5, 5.41) is 3.03. The third-order valence-corrected chi connectivity index (χ3v) is 5.67. The standard InChI is InChI=1S/C24H29N5O2/c1-31-23-6-3-2-5-22(23)28-17-15-27(16-18-28)13-4-11-26-24(30)20-7-9-21(10-8-20)29-14-12-25-19-29/h2-3,5-10,12,14,19H,4,11,13,15-18H2,1H3,(H,26,30). The lowest BCUT2D eigenvalue weighted by Crippen LogP contribution is -2.47. The number of imidazole rings is 1. The van der Waals surface area contributed by atoms with Gasteiger partial charge in [0.2, 0.25) is 0 Å². The monoisotopic (exact) mass is 419 g/mol. The molecule has 7 heteroatoms. The average molecular weight is 420 g/mol. The van der Waals surface area contributed by atoms with Gasteiger partial charge >= 0.3 is 0 Å². The number of methoxy groups -OCH3 is 1. The van der Waals surface area contributed by atoms with Gasteiger partial charge in [0, 0.05) is 56.4 Å².